The molecule has 1 aliphatic rings. The minimum Gasteiger partial charge on any atom is -0.480 e. The van der Waals surface area contributed by atoms with Gasteiger partial charge in [0.15, 0.2) is 0 Å². The molecule has 1 fully saturated rings. The third kappa shape index (κ3) is 6.72. The number of carboxylic acid groups (broad SMARTS) is 1. The van der Waals surface area contributed by atoms with Crippen LogP contribution in [0.4, 0.5) is 4.79 Å². The first-order chi connectivity index (χ1) is 9.63. The third-order valence-corrected chi connectivity index (χ3v) is 3.11. The zero-order chi connectivity index (χ0) is 14.8. The highest BCUT2D eigenvalue weighted by Crippen LogP contribution is 2.01. The van der Waals surface area contributed by atoms with Crippen molar-refractivity contribution in [1.29, 1.82) is 0 Å². The molecule has 1 aliphatic heterocycles. The van der Waals surface area contributed by atoms with Gasteiger partial charge >= 0.3 is 12.0 Å². The maximum absolute atomic E-state index is 11.9. The highest BCUT2D eigenvalue weighted by molar-refractivity contribution is 5.74. The molecule has 0 atom stereocenters. The van der Waals surface area contributed by atoms with Crippen molar-refractivity contribution in [2.75, 3.05) is 52.5 Å². The lowest BCUT2D eigenvalue weighted by atomic mass is 10.3. The summed E-state index contributed by atoms with van der Waals surface area (Å²) < 4.78 is 5.33. The van der Waals surface area contributed by atoms with E-state index >= 15 is 0 Å². The minimum atomic E-state index is -0.824. The Morgan fingerprint density at radius 3 is 2.50 bits per heavy atom. The first-order valence-electron chi connectivity index (χ1n) is 7.18. The molecule has 0 unspecified atom stereocenters. The van der Waals surface area contributed by atoms with Gasteiger partial charge in [-0.15, -0.1) is 0 Å². The number of carboxylic acids is 1. The average molecular weight is 287 g/mol. The molecule has 0 saturated carbocycles. The Balaban J connectivity index is 2.08. The number of nitrogens with zero attached hydrogens (tertiary/aromatic N) is 2. The molecule has 2 N–H and O–H groups in total. The van der Waals surface area contributed by atoms with Gasteiger partial charge in [0.05, 0.1) is 6.54 Å². The van der Waals surface area contributed by atoms with Crippen molar-refractivity contribution in [1.82, 2.24) is 15.1 Å². The molecule has 1 saturated heterocycles. The first-order valence-corrected chi connectivity index (χ1v) is 7.18. The number of ether oxygens (including phenoxy) is 1. The van der Waals surface area contributed by atoms with E-state index in [1.165, 1.54) is 0 Å². The van der Waals surface area contributed by atoms with Gasteiger partial charge in [-0.25, -0.2) is 4.79 Å². The number of hydrogen-bond acceptors (Lipinski definition) is 4. The second kappa shape index (κ2) is 9.55. The van der Waals surface area contributed by atoms with Crippen molar-refractivity contribution < 1.29 is 19.4 Å². The van der Waals surface area contributed by atoms with Gasteiger partial charge in [-0.2, -0.15) is 0 Å². The van der Waals surface area contributed by atoms with Gasteiger partial charge in [0.1, 0.15) is 0 Å². The molecule has 1 rings (SSSR count). The Hall–Kier alpha value is -1.34. The Labute approximate surface area is 119 Å². The summed E-state index contributed by atoms with van der Waals surface area (Å²) in [6.45, 7) is 6.52. The van der Waals surface area contributed by atoms with Crippen LogP contribution in [-0.4, -0.2) is 79.4 Å². The van der Waals surface area contributed by atoms with Crippen LogP contribution in [0.2, 0.25) is 0 Å². The number of aliphatic carboxylic acids is 1. The van der Waals surface area contributed by atoms with Gasteiger partial charge in [0.25, 0.3) is 0 Å². The van der Waals surface area contributed by atoms with E-state index in [0.29, 0.717) is 39.3 Å². The lowest BCUT2D eigenvalue weighted by Crippen LogP contribution is -2.52. The third-order valence-electron chi connectivity index (χ3n) is 3.11. The average Bonchev–Trinajstić information content (AvgIpc) is 2.42. The minimum absolute atomic E-state index is 0.0459. The quantitative estimate of drug-likeness (QED) is 0.624. The Bertz CT molecular complexity index is 304. The number of urea groups is 1. The summed E-state index contributed by atoms with van der Waals surface area (Å²) >= 11 is 0. The monoisotopic (exact) mass is 287 g/mol. The van der Waals surface area contributed by atoms with Gasteiger partial charge in [-0.3, -0.25) is 9.69 Å². The Morgan fingerprint density at radius 2 is 1.90 bits per heavy atom. The molecule has 0 aromatic rings. The molecule has 2 amide bonds. The molecule has 0 aromatic carbocycles. The summed E-state index contributed by atoms with van der Waals surface area (Å²) in [7, 11) is 0. The summed E-state index contributed by atoms with van der Waals surface area (Å²) in [5.74, 6) is -0.824. The Kier molecular flexibility index (Phi) is 7.98. The lowest BCUT2D eigenvalue weighted by molar-refractivity contribution is -0.138. The summed E-state index contributed by atoms with van der Waals surface area (Å²) in [4.78, 5) is 26.0. The number of carbonyl (C=O) groups excluding carboxylic acids is 1. The number of hydrogen-bond donors (Lipinski definition) is 2. The molecule has 0 aliphatic carbocycles. The highest BCUT2D eigenvalue weighted by Gasteiger charge is 2.21. The molecule has 116 valence electrons. The van der Waals surface area contributed by atoms with Crippen LogP contribution in [0.15, 0.2) is 0 Å². The van der Waals surface area contributed by atoms with Crippen LogP contribution in [-0.2, 0) is 9.53 Å². The fourth-order valence-corrected chi connectivity index (χ4v) is 2.03. The fourth-order valence-electron chi connectivity index (χ4n) is 2.03. The summed E-state index contributed by atoms with van der Waals surface area (Å²) in [5.41, 5.74) is 0. The first kappa shape index (κ1) is 16.7. The van der Waals surface area contributed by atoms with Crippen LogP contribution in [0.3, 0.4) is 0 Å². The van der Waals surface area contributed by atoms with E-state index in [9.17, 15) is 9.59 Å². The molecule has 20 heavy (non-hydrogen) atoms. The van der Waals surface area contributed by atoms with Crippen LogP contribution in [0.5, 0.6) is 0 Å². The molecule has 7 nitrogen and oxygen atoms in total. The topological polar surface area (TPSA) is 82.1 Å². The van der Waals surface area contributed by atoms with Crippen molar-refractivity contribution >= 4 is 12.0 Å². The Morgan fingerprint density at radius 1 is 1.20 bits per heavy atom. The second-order valence-corrected chi connectivity index (χ2v) is 4.85. The number of amides is 2. The molecule has 0 spiro atoms. The van der Waals surface area contributed by atoms with Gasteiger partial charge in [0, 0.05) is 45.9 Å². The van der Waals surface area contributed by atoms with Gasteiger partial charge < -0.3 is 20.1 Å². The zero-order valence-corrected chi connectivity index (χ0v) is 12.1. The molecular formula is C13H25N3O4. The van der Waals surface area contributed by atoms with E-state index < -0.39 is 5.97 Å². The second-order valence-electron chi connectivity index (χ2n) is 4.85. The normalized spacial score (nSPS) is 16.1. The molecule has 0 bridgehead atoms. The van der Waals surface area contributed by atoms with Gasteiger partial charge in [-0.1, -0.05) is 6.92 Å². The van der Waals surface area contributed by atoms with Crippen molar-refractivity contribution in [3.05, 3.63) is 0 Å². The van der Waals surface area contributed by atoms with Crippen LogP contribution in [0.1, 0.15) is 19.8 Å². The maximum atomic E-state index is 11.9. The number of nitrogens with one attached hydrogen (secondary N) is 1. The van der Waals surface area contributed by atoms with Crippen molar-refractivity contribution in [3.8, 4) is 0 Å². The summed E-state index contributed by atoms with van der Waals surface area (Å²) in [6, 6.07) is -0.0736. The molecule has 0 radical (unpaired) electrons. The molecule has 0 aromatic heterocycles. The smallest absolute Gasteiger partial charge is 0.317 e. The van der Waals surface area contributed by atoms with Crippen LogP contribution in [0.25, 0.3) is 0 Å². The van der Waals surface area contributed by atoms with E-state index in [1.807, 2.05) is 4.90 Å². The summed E-state index contributed by atoms with van der Waals surface area (Å²) in [6.07, 6.45) is 1.82. The largest absolute Gasteiger partial charge is 0.480 e. The van der Waals surface area contributed by atoms with E-state index in [0.717, 1.165) is 19.4 Å². The van der Waals surface area contributed by atoms with E-state index in [2.05, 4.69) is 12.2 Å². The predicted octanol–water partition coefficient (Wildman–Crippen LogP) is 0.215. The van der Waals surface area contributed by atoms with Crippen LogP contribution >= 0.6 is 0 Å². The molecule has 7 heteroatoms. The predicted molar refractivity (Wildman–Crippen MR) is 74.8 cm³/mol. The van der Waals surface area contributed by atoms with E-state index in [4.69, 9.17) is 9.84 Å². The van der Waals surface area contributed by atoms with Gasteiger partial charge in [-0.05, 0) is 12.8 Å². The number of piperazine rings is 1. The summed E-state index contributed by atoms with van der Waals surface area (Å²) in [5, 5.41) is 11.6. The number of rotatable bonds is 8. The standard InChI is InChI=1S/C13H25N3O4/c1-2-9-20-10-3-4-14-13(19)16-7-5-15(6-8-16)11-12(17)18/h2-11H2,1H3,(H,14,19)(H,17,18). The highest BCUT2D eigenvalue weighted by atomic mass is 16.5. The van der Waals surface area contributed by atoms with E-state index in [-0.39, 0.29) is 12.6 Å². The van der Waals surface area contributed by atoms with Crippen LogP contribution < -0.4 is 5.32 Å². The molecule has 1 heterocycles. The van der Waals surface area contributed by atoms with Crippen molar-refractivity contribution in [2.24, 2.45) is 0 Å². The maximum Gasteiger partial charge on any atom is 0.317 e. The lowest BCUT2D eigenvalue weighted by Gasteiger charge is -2.33. The molecular weight excluding hydrogens is 262 g/mol. The number of carbonyl (C=O) groups is 2. The SMILES string of the molecule is CCCOCCCNC(=O)N1CCN(CC(=O)O)CC1. The van der Waals surface area contributed by atoms with Crippen LogP contribution in [0, 0.1) is 0 Å². The zero-order valence-electron chi connectivity index (χ0n) is 12.1. The fraction of sp³-hybridized carbons (Fsp3) is 0.846. The van der Waals surface area contributed by atoms with Crippen molar-refractivity contribution in [2.45, 2.75) is 19.8 Å². The van der Waals surface area contributed by atoms with Gasteiger partial charge in [0.2, 0.25) is 0 Å². The van der Waals surface area contributed by atoms with Crippen molar-refractivity contribution in [3.63, 3.8) is 0 Å². The van der Waals surface area contributed by atoms with E-state index in [1.54, 1.807) is 4.90 Å².